The van der Waals surface area contributed by atoms with Crippen molar-refractivity contribution >= 4 is 32.7 Å². The highest BCUT2D eigenvalue weighted by atomic mass is 32.2. The maximum Gasteiger partial charge on any atom is 0.220 e. The Bertz CT molecular complexity index is 1120. The number of ether oxygens (including phenoxy) is 1. The smallest absolute Gasteiger partial charge is 0.220 e. The van der Waals surface area contributed by atoms with E-state index >= 15 is 0 Å². The maximum absolute atomic E-state index is 12.8. The molecule has 2 N–H and O–H groups in total. The molecule has 0 spiro atoms. The average molecular weight is 355 g/mol. The molecule has 0 fully saturated rings. The summed E-state index contributed by atoms with van der Waals surface area (Å²) < 4.78 is 18.2. The predicted molar refractivity (Wildman–Crippen MR) is 96.1 cm³/mol. The SMILES string of the molecule is COc1c(C)cnc(CS(=O)c2nc3ccc4[nH][nH]cc4c3n2)c1C. The molecule has 0 aliphatic rings. The lowest BCUT2D eigenvalue weighted by Crippen LogP contribution is -2.05. The molecular weight excluding hydrogens is 338 g/mol. The molecule has 0 bridgehead atoms. The number of pyridine rings is 1. The number of hydrogen-bond acceptors (Lipinski definition) is 5. The number of rotatable bonds is 4. The van der Waals surface area contributed by atoms with Crippen molar-refractivity contribution in [3.63, 3.8) is 0 Å². The van der Waals surface area contributed by atoms with Gasteiger partial charge >= 0.3 is 0 Å². The summed E-state index contributed by atoms with van der Waals surface area (Å²) >= 11 is 0. The van der Waals surface area contributed by atoms with Gasteiger partial charge in [-0.3, -0.25) is 9.19 Å². The molecule has 4 rings (SSSR count). The van der Waals surface area contributed by atoms with E-state index in [0.717, 1.165) is 44.5 Å². The van der Waals surface area contributed by atoms with Gasteiger partial charge in [0.2, 0.25) is 5.16 Å². The average Bonchev–Trinajstić information content (AvgIpc) is 3.23. The zero-order valence-electron chi connectivity index (χ0n) is 14.1. The van der Waals surface area contributed by atoms with Crippen LogP contribution in [-0.4, -0.2) is 36.5 Å². The Morgan fingerprint density at radius 3 is 2.88 bits per heavy atom. The minimum Gasteiger partial charge on any atom is -0.496 e. The van der Waals surface area contributed by atoms with Gasteiger partial charge in [-0.15, -0.1) is 0 Å². The Balaban J connectivity index is 1.71. The Morgan fingerprint density at radius 2 is 2.08 bits per heavy atom. The number of aromatic nitrogens is 5. The predicted octanol–water partition coefficient (Wildman–Crippen LogP) is 2.77. The third kappa shape index (κ3) is 2.58. The summed E-state index contributed by atoms with van der Waals surface area (Å²) in [5.74, 6) is 1.03. The van der Waals surface area contributed by atoms with Gasteiger partial charge in [-0.1, -0.05) is 0 Å². The molecule has 0 saturated carbocycles. The monoisotopic (exact) mass is 355 g/mol. The summed E-state index contributed by atoms with van der Waals surface area (Å²) in [7, 11) is 0.242. The molecule has 0 amide bonds. The lowest BCUT2D eigenvalue weighted by molar-refractivity contribution is 0.407. The molecular formula is C17H17N5O2S. The quantitative estimate of drug-likeness (QED) is 0.587. The number of H-pyrrole nitrogens is 2. The van der Waals surface area contributed by atoms with Crippen molar-refractivity contribution in [2.45, 2.75) is 24.8 Å². The van der Waals surface area contributed by atoms with Crippen molar-refractivity contribution in [1.82, 2.24) is 25.1 Å². The van der Waals surface area contributed by atoms with Gasteiger partial charge in [-0.05, 0) is 26.0 Å². The first-order chi connectivity index (χ1) is 12.1. The summed E-state index contributed by atoms with van der Waals surface area (Å²) in [6.45, 7) is 3.86. The highest BCUT2D eigenvalue weighted by molar-refractivity contribution is 7.84. The number of aromatic amines is 2. The molecule has 3 heterocycles. The largest absolute Gasteiger partial charge is 0.496 e. The summed E-state index contributed by atoms with van der Waals surface area (Å²) in [5, 5.41) is 7.22. The number of aryl methyl sites for hydroxylation is 1. The zero-order valence-corrected chi connectivity index (χ0v) is 14.9. The molecule has 0 aliphatic heterocycles. The lowest BCUT2D eigenvalue weighted by atomic mass is 10.1. The number of nitrogens with zero attached hydrogens (tertiary/aromatic N) is 3. The number of imidazole rings is 1. The van der Waals surface area contributed by atoms with Crippen LogP contribution in [0, 0.1) is 13.8 Å². The van der Waals surface area contributed by atoms with Crippen LogP contribution in [0.4, 0.5) is 0 Å². The van der Waals surface area contributed by atoms with E-state index in [2.05, 4.69) is 25.1 Å². The molecule has 1 aromatic carbocycles. The van der Waals surface area contributed by atoms with Gasteiger partial charge in [-0.25, -0.2) is 9.97 Å². The van der Waals surface area contributed by atoms with Gasteiger partial charge in [0.1, 0.15) is 11.3 Å². The van der Waals surface area contributed by atoms with E-state index in [1.165, 1.54) is 0 Å². The number of benzene rings is 1. The minimum absolute atomic E-state index is 0.251. The van der Waals surface area contributed by atoms with E-state index in [9.17, 15) is 4.21 Å². The summed E-state index contributed by atoms with van der Waals surface area (Å²) in [6, 6.07) is 3.79. The number of fused-ring (bicyclic) bond motifs is 3. The Labute approximate surface area is 146 Å². The van der Waals surface area contributed by atoms with Gasteiger partial charge in [0.15, 0.2) is 0 Å². The van der Waals surface area contributed by atoms with Crippen LogP contribution in [-0.2, 0) is 16.6 Å². The van der Waals surface area contributed by atoms with Crippen molar-refractivity contribution in [2.24, 2.45) is 0 Å². The van der Waals surface area contributed by atoms with Crippen LogP contribution in [0.15, 0.2) is 29.7 Å². The summed E-state index contributed by atoms with van der Waals surface area (Å²) in [4.78, 5) is 13.3. The van der Waals surface area contributed by atoms with Crippen molar-refractivity contribution in [2.75, 3.05) is 7.11 Å². The number of methoxy groups -OCH3 is 1. The molecule has 4 aromatic rings. The van der Waals surface area contributed by atoms with E-state index in [1.54, 1.807) is 13.3 Å². The van der Waals surface area contributed by atoms with Crippen LogP contribution >= 0.6 is 0 Å². The molecule has 1 unspecified atom stereocenters. The van der Waals surface area contributed by atoms with Crippen LogP contribution in [0.25, 0.3) is 21.9 Å². The fourth-order valence-electron chi connectivity index (χ4n) is 2.98. The van der Waals surface area contributed by atoms with E-state index in [-0.39, 0.29) is 5.75 Å². The highest BCUT2D eigenvalue weighted by Gasteiger charge is 2.17. The highest BCUT2D eigenvalue weighted by Crippen LogP contribution is 2.26. The normalized spacial score (nSPS) is 12.8. The van der Waals surface area contributed by atoms with Gasteiger partial charge in [0, 0.05) is 28.9 Å². The van der Waals surface area contributed by atoms with E-state index < -0.39 is 10.8 Å². The van der Waals surface area contributed by atoms with Gasteiger partial charge in [-0.2, -0.15) is 0 Å². The lowest BCUT2D eigenvalue weighted by Gasteiger charge is -2.11. The fraction of sp³-hybridized carbons (Fsp3) is 0.235. The first-order valence-corrected chi connectivity index (χ1v) is 9.10. The summed E-state index contributed by atoms with van der Waals surface area (Å²) in [5.41, 5.74) is 4.99. The van der Waals surface area contributed by atoms with Crippen LogP contribution < -0.4 is 4.74 Å². The molecule has 0 aliphatic carbocycles. The topological polar surface area (TPSA) is 96.5 Å². The second-order valence-corrected chi connectivity index (χ2v) is 7.20. The van der Waals surface area contributed by atoms with Gasteiger partial charge in [0.25, 0.3) is 0 Å². The van der Waals surface area contributed by atoms with Crippen molar-refractivity contribution in [3.05, 3.63) is 41.3 Å². The van der Waals surface area contributed by atoms with Gasteiger partial charge in [0.05, 0.1) is 40.4 Å². The van der Waals surface area contributed by atoms with E-state index in [4.69, 9.17) is 4.74 Å². The van der Waals surface area contributed by atoms with E-state index in [1.807, 2.05) is 32.2 Å². The molecule has 0 saturated heterocycles. The molecule has 128 valence electrons. The molecule has 25 heavy (non-hydrogen) atoms. The van der Waals surface area contributed by atoms with Crippen molar-refractivity contribution < 1.29 is 8.95 Å². The minimum atomic E-state index is -1.39. The fourth-order valence-corrected chi connectivity index (χ4v) is 4.04. The first kappa shape index (κ1) is 15.8. The second kappa shape index (κ2) is 5.96. The molecule has 0 radical (unpaired) electrons. The third-order valence-electron chi connectivity index (χ3n) is 4.26. The van der Waals surface area contributed by atoms with Gasteiger partial charge < -0.3 is 14.9 Å². The van der Waals surface area contributed by atoms with E-state index in [0.29, 0.717) is 5.16 Å². The van der Waals surface area contributed by atoms with Crippen LogP contribution in [0.3, 0.4) is 0 Å². The Morgan fingerprint density at radius 1 is 1.24 bits per heavy atom. The second-order valence-electron chi connectivity index (χ2n) is 5.85. The number of hydrogen-bond donors (Lipinski definition) is 2. The molecule has 1 atom stereocenters. The summed E-state index contributed by atoms with van der Waals surface area (Å²) in [6.07, 6.45) is 3.56. The molecule has 3 aromatic heterocycles. The van der Waals surface area contributed by atoms with Crippen molar-refractivity contribution in [3.8, 4) is 5.75 Å². The Kier molecular flexibility index (Phi) is 3.76. The van der Waals surface area contributed by atoms with Crippen LogP contribution in [0.5, 0.6) is 5.75 Å². The van der Waals surface area contributed by atoms with Crippen molar-refractivity contribution in [1.29, 1.82) is 0 Å². The van der Waals surface area contributed by atoms with Crippen LogP contribution in [0.1, 0.15) is 16.8 Å². The maximum atomic E-state index is 12.8. The third-order valence-corrected chi connectivity index (χ3v) is 5.39. The number of nitrogens with one attached hydrogen (secondary N) is 2. The molecule has 7 nitrogen and oxygen atoms in total. The molecule has 8 heteroatoms. The van der Waals surface area contributed by atoms with Crippen LogP contribution in [0.2, 0.25) is 0 Å². The standard InChI is InChI=1S/C17H17N5O2S/c1-9-6-18-14(10(2)16(9)24-3)8-25(23)17-20-13-5-4-12-11(7-19-22-12)15(13)21-17/h4-7,19,22H,8H2,1-3H3. The zero-order chi connectivity index (χ0) is 17.6. The Hall–Kier alpha value is -2.74. The first-order valence-electron chi connectivity index (χ1n) is 7.78.